The number of benzene rings is 3. The molecule has 0 radical (unpaired) electrons. The van der Waals surface area contributed by atoms with E-state index in [0.29, 0.717) is 0 Å². The summed E-state index contributed by atoms with van der Waals surface area (Å²) in [6.07, 6.45) is 3.17. The third kappa shape index (κ3) is 2.20. The van der Waals surface area contributed by atoms with Gasteiger partial charge in [-0.05, 0) is 27.4 Å². The van der Waals surface area contributed by atoms with E-state index in [9.17, 15) is 0 Å². The molecular formula is C21H16N2Rb+. The quantitative estimate of drug-likeness (QED) is 0.242. The SMILES string of the molecule is CCc1nc2cc3cccc4c3c(c2c[n+]1C)-c1cc[c-]cc1-4.[Rb+]. The molecule has 0 amide bonds. The minimum Gasteiger partial charge on any atom is -0.237 e. The van der Waals surface area contributed by atoms with Crippen molar-refractivity contribution in [1.82, 2.24) is 4.98 Å². The first-order valence-corrected chi connectivity index (χ1v) is 8.03. The third-order valence-corrected chi connectivity index (χ3v) is 4.90. The molecule has 1 aromatic heterocycles. The second-order valence-electron chi connectivity index (χ2n) is 6.18. The van der Waals surface area contributed by atoms with Crippen LogP contribution in [0.5, 0.6) is 0 Å². The number of hydrogen-bond acceptors (Lipinski definition) is 1. The van der Waals surface area contributed by atoms with Crippen molar-refractivity contribution in [3.63, 3.8) is 0 Å². The van der Waals surface area contributed by atoms with Gasteiger partial charge < -0.3 is 0 Å². The Hall–Kier alpha value is -0.935. The predicted octanol–water partition coefficient (Wildman–Crippen LogP) is 1.23. The summed E-state index contributed by atoms with van der Waals surface area (Å²) < 4.78 is 2.15. The smallest absolute Gasteiger partial charge is 0.237 e. The van der Waals surface area contributed by atoms with Crippen molar-refractivity contribution in [1.29, 1.82) is 0 Å². The molecule has 0 aliphatic heterocycles. The van der Waals surface area contributed by atoms with Crippen LogP contribution in [-0.2, 0) is 13.5 Å². The molecule has 110 valence electrons. The van der Waals surface area contributed by atoms with Crippen LogP contribution in [0.15, 0.2) is 48.7 Å². The van der Waals surface area contributed by atoms with E-state index < -0.39 is 0 Å². The van der Waals surface area contributed by atoms with Crippen molar-refractivity contribution < 1.29 is 62.8 Å². The average Bonchev–Trinajstić information content (AvgIpc) is 2.92. The number of aromatic nitrogens is 2. The molecule has 0 unspecified atom stereocenters. The van der Waals surface area contributed by atoms with Crippen molar-refractivity contribution in [3.05, 3.63) is 60.6 Å². The predicted molar refractivity (Wildman–Crippen MR) is 93.1 cm³/mol. The zero-order valence-corrected chi connectivity index (χ0v) is 19.1. The van der Waals surface area contributed by atoms with Gasteiger partial charge in [0.15, 0.2) is 5.52 Å². The molecule has 1 aliphatic rings. The van der Waals surface area contributed by atoms with E-state index in [2.05, 4.69) is 67.2 Å². The fraction of sp³-hybridized carbons (Fsp3) is 0.143. The van der Waals surface area contributed by atoms with E-state index in [-0.39, 0.29) is 58.2 Å². The van der Waals surface area contributed by atoms with Gasteiger partial charge >= 0.3 is 58.2 Å². The van der Waals surface area contributed by atoms with Crippen LogP contribution in [-0.4, -0.2) is 4.98 Å². The number of rotatable bonds is 1. The Balaban J connectivity index is 0.00000146. The monoisotopic (exact) mass is 381 g/mol. The Labute approximate surface area is 190 Å². The summed E-state index contributed by atoms with van der Waals surface area (Å²) >= 11 is 0. The van der Waals surface area contributed by atoms with Gasteiger partial charge in [-0.15, -0.1) is 11.1 Å². The summed E-state index contributed by atoms with van der Waals surface area (Å²) in [6.45, 7) is 2.15. The molecule has 1 heterocycles. The van der Waals surface area contributed by atoms with E-state index in [1.165, 1.54) is 38.4 Å². The molecule has 0 spiro atoms. The van der Waals surface area contributed by atoms with Crippen LogP contribution in [0.2, 0.25) is 0 Å². The van der Waals surface area contributed by atoms with Crippen molar-refractivity contribution in [2.45, 2.75) is 13.3 Å². The minimum atomic E-state index is 0. The molecule has 0 fully saturated rings. The van der Waals surface area contributed by atoms with Gasteiger partial charge in [-0.1, -0.05) is 30.7 Å². The van der Waals surface area contributed by atoms with Gasteiger partial charge in [-0.2, -0.15) is 24.3 Å². The number of nitrogens with zero attached hydrogens (tertiary/aromatic N) is 2. The largest absolute Gasteiger partial charge is 1.00 e. The van der Waals surface area contributed by atoms with Crippen LogP contribution in [0.4, 0.5) is 0 Å². The van der Waals surface area contributed by atoms with E-state index in [1.807, 2.05) is 6.07 Å². The fourth-order valence-corrected chi connectivity index (χ4v) is 3.87. The molecule has 3 heteroatoms. The van der Waals surface area contributed by atoms with Crippen molar-refractivity contribution >= 4 is 21.7 Å². The summed E-state index contributed by atoms with van der Waals surface area (Å²) in [6, 6.07) is 18.3. The molecule has 2 nitrogen and oxygen atoms in total. The molecule has 24 heavy (non-hydrogen) atoms. The molecule has 0 N–H and O–H groups in total. The maximum atomic E-state index is 4.90. The summed E-state index contributed by atoms with van der Waals surface area (Å²) in [4.78, 5) is 4.90. The first-order chi connectivity index (χ1) is 11.3. The summed E-state index contributed by atoms with van der Waals surface area (Å²) in [7, 11) is 2.09. The second kappa shape index (κ2) is 6.10. The Morgan fingerprint density at radius 1 is 1.12 bits per heavy atom. The first kappa shape index (κ1) is 16.5. The maximum absolute atomic E-state index is 4.90. The zero-order chi connectivity index (χ0) is 15.6. The van der Waals surface area contributed by atoms with Crippen LogP contribution in [0.3, 0.4) is 0 Å². The van der Waals surface area contributed by atoms with E-state index in [1.54, 1.807) is 0 Å². The fourth-order valence-electron chi connectivity index (χ4n) is 3.87. The average molecular weight is 382 g/mol. The standard InChI is InChI=1S/C21H16N2.Rb/c1-3-19-22-18-11-13-7-6-10-15-14-8-4-5-9-16(14)21(20(13)15)17(18)12-23(19)2;/h5-12H,3H2,1-2H3;/q;+1. The molecule has 3 aromatic carbocycles. The van der Waals surface area contributed by atoms with Crippen LogP contribution in [0.25, 0.3) is 43.9 Å². The Morgan fingerprint density at radius 2 is 2.00 bits per heavy atom. The Morgan fingerprint density at radius 3 is 2.83 bits per heavy atom. The molecule has 0 saturated carbocycles. The van der Waals surface area contributed by atoms with Crippen LogP contribution in [0, 0.1) is 6.07 Å². The van der Waals surface area contributed by atoms with Crippen LogP contribution in [0.1, 0.15) is 12.7 Å². The van der Waals surface area contributed by atoms with Gasteiger partial charge in [-0.25, -0.2) is 4.57 Å². The summed E-state index contributed by atoms with van der Waals surface area (Å²) in [5.41, 5.74) is 6.30. The van der Waals surface area contributed by atoms with Gasteiger partial charge in [-0.3, -0.25) is 0 Å². The number of aryl methyl sites for hydroxylation is 2. The molecule has 1 aliphatic carbocycles. The van der Waals surface area contributed by atoms with E-state index in [4.69, 9.17) is 4.98 Å². The maximum Gasteiger partial charge on any atom is 1.00 e. The summed E-state index contributed by atoms with van der Waals surface area (Å²) in [5.74, 6) is 1.11. The Bertz CT molecular complexity index is 1120. The molecule has 0 saturated heterocycles. The normalized spacial score (nSPS) is 11.6. The topological polar surface area (TPSA) is 16.8 Å². The van der Waals surface area contributed by atoms with E-state index in [0.717, 1.165) is 17.8 Å². The molecule has 5 rings (SSSR count). The van der Waals surface area contributed by atoms with Gasteiger partial charge in [0.05, 0.1) is 18.9 Å². The number of fused-ring (bicyclic) bond motifs is 5. The van der Waals surface area contributed by atoms with Crippen LogP contribution < -0.4 is 62.8 Å². The van der Waals surface area contributed by atoms with Gasteiger partial charge in [0.25, 0.3) is 5.82 Å². The second-order valence-corrected chi connectivity index (χ2v) is 6.18. The Kier molecular flexibility index (Phi) is 4.20. The molecular weight excluding hydrogens is 366 g/mol. The molecule has 0 atom stereocenters. The van der Waals surface area contributed by atoms with Crippen molar-refractivity contribution in [3.8, 4) is 22.3 Å². The van der Waals surface area contributed by atoms with Crippen molar-refractivity contribution in [2.24, 2.45) is 7.05 Å². The number of hydrogen-bond donors (Lipinski definition) is 0. The molecule has 4 aromatic rings. The van der Waals surface area contributed by atoms with Crippen molar-refractivity contribution in [2.75, 3.05) is 0 Å². The van der Waals surface area contributed by atoms with Gasteiger partial charge in [0.2, 0.25) is 0 Å². The van der Waals surface area contributed by atoms with E-state index >= 15 is 0 Å². The zero-order valence-electron chi connectivity index (χ0n) is 14.2. The third-order valence-electron chi connectivity index (χ3n) is 4.90. The summed E-state index contributed by atoms with van der Waals surface area (Å²) in [5, 5.41) is 3.85. The minimum absolute atomic E-state index is 0. The van der Waals surface area contributed by atoms with Gasteiger partial charge in [0.1, 0.15) is 6.20 Å². The molecule has 0 bridgehead atoms. The first-order valence-electron chi connectivity index (χ1n) is 8.03. The van der Waals surface area contributed by atoms with Crippen LogP contribution >= 0.6 is 0 Å². The van der Waals surface area contributed by atoms with Gasteiger partial charge in [0, 0.05) is 0 Å².